The number of halogens is 3. The lowest BCUT2D eigenvalue weighted by molar-refractivity contribution is -0.150. The molecule has 0 spiro atoms. The first-order valence-electron chi connectivity index (χ1n) is 13.5. The molecule has 40 heavy (non-hydrogen) atoms. The first-order valence-corrected chi connectivity index (χ1v) is 14.7. The van der Waals surface area contributed by atoms with E-state index >= 15 is 0 Å². The fourth-order valence-electron chi connectivity index (χ4n) is 4.55. The number of hydrogen-bond acceptors (Lipinski definition) is 6. The van der Waals surface area contributed by atoms with Gasteiger partial charge in [-0.3, -0.25) is 4.79 Å². The second kappa shape index (κ2) is 17.1. The number of alkyl halides is 3. The minimum atomic E-state index is -4.33. The molecular formula is C31H42F3N3O2S. The van der Waals surface area contributed by atoms with Gasteiger partial charge in [0.1, 0.15) is 12.2 Å². The third-order valence-electron chi connectivity index (χ3n) is 6.69. The molecule has 0 aromatic heterocycles. The maximum atomic E-state index is 11.1. The Labute approximate surface area is 241 Å². The minimum Gasteiger partial charge on any atom is -0.484 e. The van der Waals surface area contributed by atoms with Crippen molar-refractivity contribution < 1.29 is 22.7 Å². The molecular weight excluding hydrogens is 535 g/mol. The number of anilines is 1. The summed E-state index contributed by atoms with van der Waals surface area (Å²) in [6.07, 6.45) is 0.499. The summed E-state index contributed by atoms with van der Waals surface area (Å²) >= 11 is 1.60. The maximum absolute atomic E-state index is 11.1. The maximum Gasteiger partial charge on any atom is 0.395 e. The van der Waals surface area contributed by atoms with E-state index in [4.69, 9.17) is 9.73 Å². The van der Waals surface area contributed by atoms with Crippen LogP contribution in [-0.4, -0.2) is 55.8 Å². The molecule has 1 saturated heterocycles. The zero-order valence-electron chi connectivity index (χ0n) is 24.0. The molecule has 0 bridgehead atoms. The van der Waals surface area contributed by atoms with Gasteiger partial charge in [-0.05, 0) is 75.0 Å². The number of ether oxygens (including phenoxy) is 1. The predicted molar refractivity (Wildman–Crippen MR) is 161 cm³/mol. The Hall–Kier alpha value is -2.78. The molecule has 0 amide bonds. The smallest absolute Gasteiger partial charge is 0.395 e. The summed E-state index contributed by atoms with van der Waals surface area (Å²) in [5.41, 5.74) is 4.61. The standard InChI is InChI=1S/C27H37N3OS.C4H5F3O/c1-21(24-8-6-5-7-9-24)14-17-30-18-15-25(16-19-30)27(31-3)28-22(2)20-23-10-12-26(13-11-23)29-32-4;1-3(8)2-4(5,6)7/h5-13,21,25,29H,2,14-20H2,1,3-4H3;2H2,1H3. The Bertz CT molecular complexity index is 1070. The van der Waals surface area contributed by atoms with Crippen LogP contribution in [0.5, 0.6) is 0 Å². The van der Waals surface area contributed by atoms with Crippen molar-refractivity contribution in [3.05, 3.63) is 78.0 Å². The Kier molecular flexibility index (Phi) is 14.3. The molecule has 5 nitrogen and oxygen atoms in total. The number of nitrogens with zero attached hydrogens (tertiary/aromatic N) is 2. The molecule has 0 saturated carbocycles. The molecule has 2 aromatic carbocycles. The van der Waals surface area contributed by atoms with Gasteiger partial charge in [-0.15, -0.1) is 0 Å². The molecule has 0 aliphatic carbocycles. The van der Waals surface area contributed by atoms with Crippen molar-refractivity contribution >= 4 is 29.3 Å². The number of carbonyl (C=O) groups is 1. The van der Waals surface area contributed by atoms with Gasteiger partial charge in [0.15, 0.2) is 5.90 Å². The number of aliphatic imine (C=N–C) groups is 1. The van der Waals surface area contributed by atoms with Crippen LogP contribution in [-0.2, 0) is 16.0 Å². The highest BCUT2D eigenvalue weighted by Crippen LogP contribution is 2.24. The van der Waals surface area contributed by atoms with Gasteiger partial charge < -0.3 is 14.4 Å². The van der Waals surface area contributed by atoms with E-state index in [1.165, 1.54) is 17.5 Å². The van der Waals surface area contributed by atoms with Gasteiger partial charge in [-0.25, -0.2) is 4.99 Å². The van der Waals surface area contributed by atoms with E-state index in [1.807, 2.05) is 6.26 Å². The van der Waals surface area contributed by atoms with Crippen molar-refractivity contribution in [2.75, 3.05) is 37.7 Å². The van der Waals surface area contributed by atoms with Crippen molar-refractivity contribution in [1.29, 1.82) is 0 Å². The van der Waals surface area contributed by atoms with E-state index in [1.54, 1.807) is 19.1 Å². The van der Waals surface area contributed by atoms with Gasteiger partial charge in [0.05, 0.1) is 7.11 Å². The number of methoxy groups -OCH3 is 1. The number of piperidine rings is 1. The number of benzene rings is 2. The first kappa shape index (κ1) is 33.4. The number of nitrogens with one attached hydrogen (secondary N) is 1. The molecule has 1 unspecified atom stereocenters. The summed E-state index contributed by atoms with van der Waals surface area (Å²) < 4.78 is 42.2. The summed E-state index contributed by atoms with van der Waals surface area (Å²) in [6.45, 7) is 10.8. The van der Waals surface area contributed by atoms with Crippen LogP contribution in [0.4, 0.5) is 18.9 Å². The number of hydrogen-bond donors (Lipinski definition) is 1. The summed E-state index contributed by atoms with van der Waals surface area (Å²) in [5.74, 6) is 0.970. The van der Waals surface area contributed by atoms with E-state index in [-0.39, 0.29) is 0 Å². The van der Waals surface area contributed by atoms with E-state index in [0.717, 1.165) is 63.1 Å². The van der Waals surface area contributed by atoms with E-state index in [2.05, 4.69) is 77.7 Å². The molecule has 1 N–H and O–H groups in total. The average Bonchev–Trinajstić information content (AvgIpc) is 2.91. The number of carbonyl (C=O) groups excluding carboxylic acids is 1. The van der Waals surface area contributed by atoms with Crippen LogP contribution in [0.15, 0.2) is 71.9 Å². The van der Waals surface area contributed by atoms with Crippen LogP contribution in [0.2, 0.25) is 0 Å². The first-order chi connectivity index (χ1) is 19.0. The van der Waals surface area contributed by atoms with Crippen molar-refractivity contribution in [2.24, 2.45) is 10.9 Å². The molecule has 1 fully saturated rings. The SMILES string of the molecule is C=C(Cc1ccc(NSC)cc1)N=C(OC)C1CCN(CCC(C)c2ccccc2)CC1.CC(=O)CC(F)(F)F. The molecule has 3 rings (SSSR count). The highest BCUT2D eigenvalue weighted by Gasteiger charge is 2.29. The number of likely N-dealkylation sites (tertiary alicyclic amines) is 1. The van der Waals surface area contributed by atoms with Crippen LogP contribution in [0.1, 0.15) is 56.6 Å². The minimum absolute atomic E-state index is 0.382. The van der Waals surface area contributed by atoms with Crippen LogP contribution < -0.4 is 4.72 Å². The largest absolute Gasteiger partial charge is 0.484 e. The Morgan fingerprint density at radius 1 is 1.15 bits per heavy atom. The van der Waals surface area contributed by atoms with E-state index in [0.29, 0.717) is 11.8 Å². The summed E-state index contributed by atoms with van der Waals surface area (Å²) in [5, 5.41) is 0. The molecule has 2 aromatic rings. The summed E-state index contributed by atoms with van der Waals surface area (Å²) in [6, 6.07) is 19.3. The molecule has 1 heterocycles. The van der Waals surface area contributed by atoms with Crippen molar-refractivity contribution in [3.63, 3.8) is 0 Å². The molecule has 1 aliphatic heterocycles. The Morgan fingerprint density at radius 3 is 2.27 bits per heavy atom. The summed E-state index contributed by atoms with van der Waals surface area (Å²) in [4.78, 5) is 17.1. The zero-order valence-corrected chi connectivity index (χ0v) is 24.8. The average molecular weight is 578 g/mol. The molecule has 1 atom stereocenters. The highest BCUT2D eigenvalue weighted by molar-refractivity contribution is 7.99. The number of Topliss-reactive ketones (excluding diaryl/α,β-unsaturated/α-hetero) is 1. The fourth-order valence-corrected chi connectivity index (χ4v) is 4.93. The van der Waals surface area contributed by atoms with Gasteiger partial charge in [-0.2, -0.15) is 13.2 Å². The Morgan fingerprint density at radius 2 is 1.77 bits per heavy atom. The number of ketones is 1. The topological polar surface area (TPSA) is 53.9 Å². The van der Waals surface area contributed by atoms with Crippen LogP contribution in [0.25, 0.3) is 0 Å². The predicted octanol–water partition coefficient (Wildman–Crippen LogP) is 7.91. The van der Waals surface area contributed by atoms with Crippen LogP contribution in [0.3, 0.4) is 0 Å². The Balaban J connectivity index is 0.000000611. The zero-order chi connectivity index (χ0) is 29.5. The van der Waals surface area contributed by atoms with Gasteiger partial charge in [0, 0.05) is 30.0 Å². The lowest BCUT2D eigenvalue weighted by Crippen LogP contribution is -2.37. The van der Waals surface area contributed by atoms with Crippen molar-refractivity contribution in [3.8, 4) is 0 Å². The van der Waals surface area contributed by atoms with Gasteiger partial charge in [0.25, 0.3) is 0 Å². The normalized spacial score (nSPS) is 15.5. The molecule has 1 aliphatic rings. The van der Waals surface area contributed by atoms with E-state index < -0.39 is 18.4 Å². The van der Waals surface area contributed by atoms with Gasteiger partial charge >= 0.3 is 6.18 Å². The monoisotopic (exact) mass is 577 g/mol. The van der Waals surface area contributed by atoms with Crippen molar-refractivity contribution in [2.45, 2.75) is 58.0 Å². The second-order valence-electron chi connectivity index (χ2n) is 10.1. The van der Waals surface area contributed by atoms with Gasteiger partial charge in [0.2, 0.25) is 0 Å². The lowest BCUT2D eigenvalue weighted by Gasteiger charge is -2.32. The third kappa shape index (κ3) is 13.0. The van der Waals surface area contributed by atoms with E-state index in [9.17, 15) is 18.0 Å². The lowest BCUT2D eigenvalue weighted by atomic mass is 9.94. The van der Waals surface area contributed by atoms with Crippen LogP contribution >= 0.6 is 11.9 Å². The van der Waals surface area contributed by atoms with Gasteiger partial charge in [-0.1, -0.05) is 67.9 Å². The molecule has 0 radical (unpaired) electrons. The number of allylic oxidation sites excluding steroid dienone is 1. The molecule has 9 heteroatoms. The number of rotatable bonds is 11. The van der Waals surface area contributed by atoms with Crippen LogP contribution in [0, 0.1) is 5.92 Å². The highest BCUT2D eigenvalue weighted by atomic mass is 32.2. The second-order valence-corrected chi connectivity index (χ2v) is 10.7. The van der Waals surface area contributed by atoms with Crippen molar-refractivity contribution in [1.82, 2.24) is 4.90 Å². The summed E-state index contributed by atoms with van der Waals surface area (Å²) in [7, 11) is 1.74. The fraction of sp³-hybridized carbons (Fsp3) is 0.484. The quantitative estimate of drug-likeness (QED) is 0.167. The third-order valence-corrected chi connectivity index (χ3v) is 7.13. The molecule has 220 valence electrons.